The molecule has 3 heterocycles. The van der Waals surface area contributed by atoms with Crippen molar-refractivity contribution < 1.29 is 9.21 Å². The fourth-order valence-corrected chi connectivity index (χ4v) is 2.06. The van der Waals surface area contributed by atoms with Gasteiger partial charge in [0.2, 0.25) is 0 Å². The van der Waals surface area contributed by atoms with Crippen molar-refractivity contribution in [1.82, 2.24) is 14.8 Å². The van der Waals surface area contributed by atoms with Gasteiger partial charge in [0.1, 0.15) is 17.1 Å². The molecule has 3 aromatic heterocycles. The van der Waals surface area contributed by atoms with Crippen LogP contribution in [0.1, 0.15) is 28.9 Å². The summed E-state index contributed by atoms with van der Waals surface area (Å²) in [6, 6.07) is 9.16. The molecule has 21 heavy (non-hydrogen) atoms. The van der Waals surface area contributed by atoms with Gasteiger partial charge >= 0.3 is 0 Å². The van der Waals surface area contributed by atoms with Crippen LogP contribution in [0.3, 0.4) is 0 Å². The van der Waals surface area contributed by atoms with Gasteiger partial charge < -0.3 is 8.82 Å². The van der Waals surface area contributed by atoms with E-state index in [0.717, 1.165) is 11.3 Å². The normalized spacial score (nSPS) is 11.8. The molecule has 0 saturated heterocycles. The Kier molecular flexibility index (Phi) is 3.27. The summed E-state index contributed by atoms with van der Waals surface area (Å²) < 4.78 is 7.06. The molecule has 0 unspecified atom stereocenters. The number of nitrogens with zero attached hydrogens (tertiary/aromatic N) is 3. The zero-order chi connectivity index (χ0) is 14.8. The van der Waals surface area contributed by atoms with Gasteiger partial charge in [-0.15, -0.1) is 0 Å². The van der Waals surface area contributed by atoms with E-state index in [1.807, 2.05) is 35.7 Å². The summed E-state index contributed by atoms with van der Waals surface area (Å²) in [5.74, 6) is 0.268. The van der Waals surface area contributed by atoms with Crippen molar-refractivity contribution in [2.24, 2.45) is 5.10 Å². The van der Waals surface area contributed by atoms with E-state index in [4.69, 9.17) is 4.42 Å². The maximum absolute atomic E-state index is 12.2. The Morgan fingerprint density at radius 1 is 1.33 bits per heavy atom. The highest BCUT2D eigenvalue weighted by atomic mass is 16.3. The number of furan rings is 1. The lowest BCUT2D eigenvalue weighted by Gasteiger charge is -2.00. The van der Waals surface area contributed by atoms with Crippen LogP contribution in [0.25, 0.3) is 5.65 Å². The smallest absolute Gasteiger partial charge is 0.291 e. The lowest BCUT2D eigenvalue weighted by molar-refractivity contribution is 0.0949. The fraction of sp³-hybridized carbons (Fsp3) is 0.133. The Bertz CT molecular complexity index is 815. The van der Waals surface area contributed by atoms with Gasteiger partial charge in [0.25, 0.3) is 5.91 Å². The molecule has 0 fully saturated rings. The van der Waals surface area contributed by atoms with Gasteiger partial charge in [0, 0.05) is 6.20 Å². The van der Waals surface area contributed by atoms with Crippen LogP contribution in [0.2, 0.25) is 0 Å². The molecule has 0 radical (unpaired) electrons. The first kappa shape index (κ1) is 13.1. The zero-order valence-electron chi connectivity index (χ0n) is 11.7. The SMILES string of the molecule is CC(=NNC(=O)c1nc2ccccn2c1C)c1ccco1. The van der Waals surface area contributed by atoms with Crippen LogP contribution in [0.5, 0.6) is 0 Å². The molecule has 1 amide bonds. The third-order valence-corrected chi connectivity index (χ3v) is 3.19. The third-order valence-electron chi connectivity index (χ3n) is 3.19. The average molecular weight is 282 g/mol. The summed E-state index contributed by atoms with van der Waals surface area (Å²) >= 11 is 0. The van der Waals surface area contributed by atoms with E-state index in [0.29, 0.717) is 17.2 Å². The molecule has 0 aliphatic heterocycles. The quantitative estimate of drug-likeness (QED) is 0.592. The summed E-state index contributed by atoms with van der Waals surface area (Å²) in [7, 11) is 0. The molecule has 1 N–H and O–H groups in total. The molecule has 0 atom stereocenters. The molecule has 106 valence electrons. The predicted molar refractivity (Wildman–Crippen MR) is 78.3 cm³/mol. The van der Waals surface area contributed by atoms with Gasteiger partial charge in [-0.25, -0.2) is 10.4 Å². The molecule has 0 saturated carbocycles. The predicted octanol–water partition coefficient (Wildman–Crippen LogP) is 2.39. The number of carbonyl (C=O) groups is 1. The van der Waals surface area contributed by atoms with Crippen molar-refractivity contribution in [1.29, 1.82) is 0 Å². The Balaban J connectivity index is 1.84. The van der Waals surface area contributed by atoms with Crippen LogP contribution in [0.15, 0.2) is 52.3 Å². The maximum Gasteiger partial charge on any atom is 0.291 e. The van der Waals surface area contributed by atoms with Crippen molar-refractivity contribution in [3.63, 3.8) is 0 Å². The van der Waals surface area contributed by atoms with E-state index in [1.54, 1.807) is 25.3 Å². The first-order valence-electron chi connectivity index (χ1n) is 6.49. The molecule has 3 rings (SSSR count). The highest BCUT2D eigenvalue weighted by Crippen LogP contribution is 2.11. The second-order valence-corrected chi connectivity index (χ2v) is 4.59. The fourth-order valence-electron chi connectivity index (χ4n) is 2.06. The first-order valence-corrected chi connectivity index (χ1v) is 6.49. The van der Waals surface area contributed by atoms with Gasteiger partial charge in [-0.05, 0) is 38.1 Å². The Morgan fingerprint density at radius 3 is 2.90 bits per heavy atom. The van der Waals surface area contributed by atoms with Crippen LogP contribution in [-0.2, 0) is 0 Å². The highest BCUT2D eigenvalue weighted by Gasteiger charge is 2.15. The Morgan fingerprint density at radius 2 is 2.19 bits per heavy atom. The van der Waals surface area contributed by atoms with Gasteiger partial charge in [-0.1, -0.05) is 6.07 Å². The number of pyridine rings is 1. The van der Waals surface area contributed by atoms with E-state index >= 15 is 0 Å². The summed E-state index contributed by atoms with van der Waals surface area (Å²) in [5.41, 5.74) is 4.95. The second-order valence-electron chi connectivity index (χ2n) is 4.59. The van der Waals surface area contributed by atoms with Crippen LogP contribution in [-0.4, -0.2) is 21.0 Å². The van der Waals surface area contributed by atoms with Crippen molar-refractivity contribution >= 4 is 17.3 Å². The summed E-state index contributed by atoms with van der Waals surface area (Å²) in [6.07, 6.45) is 3.42. The average Bonchev–Trinajstić information content (AvgIpc) is 3.13. The molecule has 6 heteroatoms. The molecule has 0 aromatic carbocycles. The molecule has 0 aliphatic rings. The lowest BCUT2D eigenvalue weighted by atomic mass is 10.3. The van der Waals surface area contributed by atoms with E-state index in [9.17, 15) is 4.79 Å². The molecule has 0 spiro atoms. The largest absolute Gasteiger partial charge is 0.463 e. The molecular formula is C15H14N4O2. The van der Waals surface area contributed by atoms with Gasteiger partial charge in [0.15, 0.2) is 5.69 Å². The molecule has 0 aliphatic carbocycles. The highest BCUT2D eigenvalue weighted by molar-refractivity contribution is 5.99. The van der Waals surface area contributed by atoms with Gasteiger partial charge in [0.05, 0.1) is 12.0 Å². The first-order chi connectivity index (χ1) is 10.2. The molecule has 0 bridgehead atoms. The van der Waals surface area contributed by atoms with E-state index in [2.05, 4.69) is 15.5 Å². The minimum absolute atomic E-state index is 0.345. The standard InChI is InChI=1S/C15H14N4O2/c1-10(12-6-5-9-21-12)17-18-15(20)14-11(2)19-8-4-3-7-13(19)16-14/h3-9H,1-2H3,(H,18,20). The van der Waals surface area contributed by atoms with E-state index in [-0.39, 0.29) is 5.91 Å². The van der Waals surface area contributed by atoms with E-state index in [1.165, 1.54) is 0 Å². The van der Waals surface area contributed by atoms with Crippen LogP contribution in [0, 0.1) is 6.92 Å². The van der Waals surface area contributed by atoms with Crippen molar-refractivity contribution in [3.8, 4) is 0 Å². The Labute approximate surface area is 121 Å². The second kappa shape index (κ2) is 5.24. The Hall–Kier alpha value is -2.89. The number of aryl methyl sites for hydroxylation is 1. The number of hydrogen-bond donors (Lipinski definition) is 1. The number of nitrogens with one attached hydrogen (secondary N) is 1. The lowest BCUT2D eigenvalue weighted by Crippen LogP contribution is -2.20. The monoisotopic (exact) mass is 282 g/mol. The number of fused-ring (bicyclic) bond motifs is 1. The van der Waals surface area contributed by atoms with Crippen molar-refractivity contribution in [3.05, 3.63) is 59.9 Å². The number of imidazole rings is 1. The summed E-state index contributed by atoms with van der Waals surface area (Å²) in [4.78, 5) is 16.5. The van der Waals surface area contributed by atoms with Crippen LogP contribution < -0.4 is 5.43 Å². The zero-order valence-corrected chi connectivity index (χ0v) is 11.7. The number of rotatable bonds is 3. The summed E-state index contributed by atoms with van der Waals surface area (Å²) in [5, 5.41) is 4.03. The van der Waals surface area contributed by atoms with Crippen molar-refractivity contribution in [2.75, 3.05) is 0 Å². The minimum atomic E-state index is -0.345. The van der Waals surface area contributed by atoms with Crippen LogP contribution in [0.4, 0.5) is 0 Å². The molecular weight excluding hydrogens is 268 g/mol. The van der Waals surface area contributed by atoms with E-state index < -0.39 is 0 Å². The van der Waals surface area contributed by atoms with Crippen molar-refractivity contribution in [2.45, 2.75) is 13.8 Å². The topological polar surface area (TPSA) is 71.9 Å². The number of hydrazone groups is 1. The van der Waals surface area contributed by atoms with Gasteiger partial charge in [-0.2, -0.15) is 5.10 Å². The number of aromatic nitrogens is 2. The van der Waals surface area contributed by atoms with Crippen LogP contribution >= 0.6 is 0 Å². The third kappa shape index (κ3) is 2.43. The minimum Gasteiger partial charge on any atom is -0.463 e. The molecule has 6 nitrogen and oxygen atoms in total. The number of hydrogen-bond acceptors (Lipinski definition) is 4. The molecule has 3 aromatic rings. The maximum atomic E-state index is 12.2. The number of amides is 1. The number of carbonyl (C=O) groups excluding carboxylic acids is 1. The summed E-state index contributed by atoms with van der Waals surface area (Å²) in [6.45, 7) is 3.60. The van der Waals surface area contributed by atoms with Gasteiger partial charge in [-0.3, -0.25) is 4.79 Å².